The van der Waals surface area contributed by atoms with Crippen LogP contribution in [0.2, 0.25) is 0 Å². The molecule has 0 aromatic rings. The van der Waals surface area contributed by atoms with Crippen molar-refractivity contribution >= 4 is 12.3 Å². The summed E-state index contributed by atoms with van der Waals surface area (Å²) in [5.41, 5.74) is 6.00. The predicted octanol–water partition coefficient (Wildman–Crippen LogP) is 3.30. The highest BCUT2D eigenvalue weighted by Crippen LogP contribution is 2.12. The number of carbonyl (C=O) groups is 2. The van der Waals surface area contributed by atoms with Gasteiger partial charge in [-0.05, 0) is 32.1 Å². The van der Waals surface area contributed by atoms with Crippen LogP contribution in [0.1, 0.15) is 64.7 Å². The maximum absolute atomic E-state index is 10.5. The molecule has 0 amide bonds. The minimum Gasteiger partial charge on any atom is -0.478 e. The van der Waals surface area contributed by atoms with E-state index < -0.39 is 5.97 Å². The van der Waals surface area contributed by atoms with E-state index >= 15 is 0 Å². The largest absolute Gasteiger partial charge is 0.478 e. The van der Waals surface area contributed by atoms with Gasteiger partial charge in [-0.25, -0.2) is 4.79 Å². The molecule has 0 saturated heterocycles. The summed E-state index contributed by atoms with van der Waals surface area (Å²) in [6.07, 6.45) is 13.3. The highest BCUT2D eigenvalue weighted by Gasteiger charge is 2.05. The Bertz CT molecular complexity index is 289. The molecule has 0 heterocycles. The zero-order chi connectivity index (χ0) is 15.2. The molecule has 2 atom stereocenters. The minimum absolute atomic E-state index is 0.125. The Morgan fingerprint density at radius 2 is 1.75 bits per heavy atom. The van der Waals surface area contributed by atoms with Crippen LogP contribution in [-0.2, 0) is 9.59 Å². The van der Waals surface area contributed by atoms with E-state index in [1.807, 2.05) is 6.92 Å². The summed E-state index contributed by atoms with van der Waals surface area (Å²) in [4.78, 5) is 20.7. The molecular formula is C16H29NO3. The third-order valence-electron chi connectivity index (χ3n) is 3.43. The van der Waals surface area contributed by atoms with Crippen molar-refractivity contribution in [2.45, 2.75) is 70.8 Å². The number of rotatable bonds is 13. The third kappa shape index (κ3) is 13.3. The Morgan fingerprint density at radius 3 is 2.40 bits per heavy atom. The summed E-state index contributed by atoms with van der Waals surface area (Å²) in [7, 11) is 0. The number of aldehydes is 1. The van der Waals surface area contributed by atoms with Gasteiger partial charge in [0.15, 0.2) is 0 Å². The molecule has 0 aliphatic carbocycles. The molecule has 0 saturated carbocycles. The third-order valence-corrected chi connectivity index (χ3v) is 3.43. The standard InChI is InChI=1S/C16H29NO3/c1-14(13-18)11-12-15(17)9-7-5-3-2-4-6-8-10-16(19)20/h8,10,13-15H,2-7,9,11-12,17H2,1H3,(H,19,20)/b10-8+/t14-,15+/m0/s1. The summed E-state index contributed by atoms with van der Waals surface area (Å²) < 4.78 is 0. The smallest absolute Gasteiger partial charge is 0.327 e. The van der Waals surface area contributed by atoms with Gasteiger partial charge in [-0.15, -0.1) is 0 Å². The number of hydrogen-bond acceptors (Lipinski definition) is 3. The molecule has 0 aromatic carbocycles. The number of carbonyl (C=O) groups excluding carboxylic acids is 1. The Hall–Kier alpha value is -1.16. The van der Waals surface area contributed by atoms with Crippen molar-refractivity contribution in [3.63, 3.8) is 0 Å². The average Bonchev–Trinajstić information content (AvgIpc) is 2.42. The first-order valence-electron chi connectivity index (χ1n) is 7.66. The number of carboxylic acids is 1. The highest BCUT2D eigenvalue weighted by molar-refractivity contribution is 5.79. The molecule has 3 N–H and O–H groups in total. The number of aliphatic carboxylic acids is 1. The lowest BCUT2D eigenvalue weighted by Crippen LogP contribution is -2.20. The molecule has 0 bridgehead atoms. The van der Waals surface area contributed by atoms with Crippen LogP contribution < -0.4 is 5.73 Å². The number of hydrogen-bond donors (Lipinski definition) is 2. The van der Waals surface area contributed by atoms with Gasteiger partial charge in [-0.1, -0.05) is 38.7 Å². The molecule has 0 rings (SSSR count). The molecule has 0 fully saturated rings. The van der Waals surface area contributed by atoms with E-state index in [1.54, 1.807) is 6.08 Å². The van der Waals surface area contributed by atoms with E-state index in [1.165, 1.54) is 18.9 Å². The fraction of sp³-hybridized carbons (Fsp3) is 0.750. The molecule has 0 aliphatic heterocycles. The van der Waals surface area contributed by atoms with E-state index in [9.17, 15) is 9.59 Å². The van der Waals surface area contributed by atoms with Crippen molar-refractivity contribution in [3.8, 4) is 0 Å². The normalized spacial score (nSPS) is 14.3. The molecule has 0 spiro atoms. The fourth-order valence-corrected chi connectivity index (χ4v) is 2.07. The summed E-state index contributed by atoms with van der Waals surface area (Å²) >= 11 is 0. The van der Waals surface area contributed by atoms with Crippen LogP contribution in [0.25, 0.3) is 0 Å². The van der Waals surface area contributed by atoms with Gasteiger partial charge in [-0.2, -0.15) is 0 Å². The maximum Gasteiger partial charge on any atom is 0.327 e. The Morgan fingerprint density at radius 1 is 1.10 bits per heavy atom. The first kappa shape index (κ1) is 18.8. The lowest BCUT2D eigenvalue weighted by molar-refractivity contribution is -0.131. The van der Waals surface area contributed by atoms with Gasteiger partial charge >= 0.3 is 5.97 Å². The van der Waals surface area contributed by atoms with Crippen molar-refractivity contribution in [3.05, 3.63) is 12.2 Å². The summed E-state index contributed by atoms with van der Waals surface area (Å²) in [6, 6.07) is 0.218. The second-order valence-corrected chi connectivity index (χ2v) is 5.54. The van der Waals surface area contributed by atoms with Crippen LogP contribution in [0.4, 0.5) is 0 Å². The zero-order valence-corrected chi connectivity index (χ0v) is 12.6. The van der Waals surface area contributed by atoms with Crippen LogP contribution in [0, 0.1) is 5.92 Å². The van der Waals surface area contributed by atoms with Crippen molar-refractivity contribution in [1.82, 2.24) is 0 Å². The molecule has 4 nitrogen and oxygen atoms in total. The number of unbranched alkanes of at least 4 members (excludes halogenated alkanes) is 5. The van der Waals surface area contributed by atoms with Gasteiger partial charge in [0, 0.05) is 18.0 Å². The SMILES string of the molecule is C[C@H](C=O)CC[C@H](N)CCCCCCC/C=C/C(=O)O. The molecule has 0 unspecified atom stereocenters. The van der Waals surface area contributed by atoms with Crippen LogP contribution in [0.3, 0.4) is 0 Å². The van der Waals surface area contributed by atoms with Gasteiger partial charge in [-0.3, -0.25) is 0 Å². The van der Waals surface area contributed by atoms with Gasteiger partial charge in [0.05, 0.1) is 0 Å². The fourth-order valence-electron chi connectivity index (χ4n) is 2.07. The number of carboxylic acid groups (broad SMARTS) is 1. The van der Waals surface area contributed by atoms with Crippen molar-refractivity contribution in [1.29, 1.82) is 0 Å². The van der Waals surface area contributed by atoms with Crippen LogP contribution in [-0.4, -0.2) is 23.4 Å². The lowest BCUT2D eigenvalue weighted by atomic mass is 9.99. The van der Waals surface area contributed by atoms with Crippen molar-refractivity contribution < 1.29 is 14.7 Å². The van der Waals surface area contributed by atoms with Gasteiger partial charge < -0.3 is 15.6 Å². The van der Waals surface area contributed by atoms with Gasteiger partial charge in [0.1, 0.15) is 6.29 Å². The van der Waals surface area contributed by atoms with Gasteiger partial charge in [0.25, 0.3) is 0 Å². The lowest BCUT2D eigenvalue weighted by Gasteiger charge is -2.12. The summed E-state index contributed by atoms with van der Waals surface area (Å²) in [5.74, 6) is -0.747. The van der Waals surface area contributed by atoms with Crippen molar-refractivity contribution in [2.24, 2.45) is 11.7 Å². The topological polar surface area (TPSA) is 80.4 Å². The predicted molar refractivity (Wildman–Crippen MR) is 81.5 cm³/mol. The van der Waals surface area contributed by atoms with Crippen molar-refractivity contribution in [2.75, 3.05) is 0 Å². The van der Waals surface area contributed by atoms with E-state index in [-0.39, 0.29) is 12.0 Å². The molecule has 0 aromatic heterocycles. The molecule has 116 valence electrons. The first-order valence-corrected chi connectivity index (χ1v) is 7.66. The second kappa shape index (κ2) is 12.9. The molecule has 0 radical (unpaired) electrons. The molecule has 4 heteroatoms. The van der Waals surface area contributed by atoms with E-state index in [2.05, 4.69) is 0 Å². The monoisotopic (exact) mass is 283 g/mol. The van der Waals surface area contributed by atoms with Crippen LogP contribution in [0.15, 0.2) is 12.2 Å². The Kier molecular flexibility index (Phi) is 12.1. The van der Waals surface area contributed by atoms with Crippen LogP contribution >= 0.6 is 0 Å². The maximum atomic E-state index is 10.5. The number of nitrogens with two attached hydrogens (primary N) is 1. The molecule has 0 aliphatic rings. The second-order valence-electron chi connectivity index (χ2n) is 5.54. The van der Waals surface area contributed by atoms with E-state index in [0.717, 1.165) is 51.2 Å². The summed E-state index contributed by atoms with van der Waals surface area (Å²) in [5, 5.41) is 8.41. The highest BCUT2D eigenvalue weighted by atomic mass is 16.4. The van der Waals surface area contributed by atoms with E-state index in [4.69, 9.17) is 10.8 Å². The molecule has 20 heavy (non-hydrogen) atoms. The first-order chi connectivity index (χ1) is 9.56. The minimum atomic E-state index is -0.872. The van der Waals surface area contributed by atoms with E-state index in [0.29, 0.717) is 0 Å². The zero-order valence-electron chi connectivity index (χ0n) is 12.6. The summed E-state index contributed by atoms with van der Waals surface area (Å²) in [6.45, 7) is 1.93. The molecular weight excluding hydrogens is 254 g/mol. The van der Waals surface area contributed by atoms with Crippen LogP contribution in [0.5, 0.6) is 0 Å². The number of allylic oxidation sites excluding steroid dienone is 1. The average molecular weight is 283 g/mol. The quantitative estimate of drug-likeness (QED) is 0.309. The Labute approximate surface area is 122 Å². The van der Waals surface area contributed by atoms with Gasteiger partial charge in [0.2, 0.25) is 0 Å². The Balaban J connectivity index is 3.31.